The van der Waals surface area contributed by atoms with E-state index in [0.717, 1.165) is 23.6 Å². The van der Waals surface area contributed by atoms with Crippen molar-refractivity contribution in [3.8, 4) is 0 Å². The zero-order valence-electron chi connectivity index (χ0n) is 11.4. The molecule has 1 saturated carbocycles. The Morgan fingerprint density at radius 2 is 2.15 bits per heavy atom. The second-order valence-corrected chi connectivity index (χ2v) is 6.65. The van der Waals surface area contributed by atoms with Crippen molar-refractivity contribution in [2.75, 3.05) is 6.54 Å². The van der Waals surface area contributed by atoms with Crippen LogP contribution in [0.1, 0.15) is 53.3 Å². The lowest BCUT2D eigenvalue weighted by molar-refractivity contribution is 0.0688. The van der Waals surface area contributed by atoms with Gasteiger partial charge in [-0.25, -0.2) is 14.8 Å². The highest BCUT2D eigenvalue weighted by atomic mass is 32.2. The maximum Gasteiger partial charge on any atom is 0.354 e. The van der Waals surface area contributed by atoms with Gasteiger partial charge in [-0.15, -0.1) is 0 Å². The minimum Gasteiger partial charge on any atom is -0.477 e. The molecule has 1 aliphatic heterocycles. The van der Waals surface area contributed by atoms with E-state index in [0.29, 0.717) is 24.0 Å². The second-order valence-electron chi connectivity index (χ2n) is 5.36. The molecule has 2 N–H and O–H groups in total. The Hall–Kier alpha value is -1.14. The summed E-state index contributed by atoms with van der Waals surface area (Å²) >= 11 is 1.87. The first-order chi connectivity index (χ1) is 9.74. The van der Waals surface area contributed by atoms with Gasteiger partial charge in [-0.05, 0) is 25.8 Å². The summed E-state index contributed by atoms with van der Waals surface area (Å²) in [6.45, 7) is 1.45. The average Bonchev–Trinajstić information content (AvgIpc) is 2.97. The molecule has 0 aromatic carbocycles. The van der Waals surface area contributed by atoms with Crippen LogP contribution in [0.15, 0.2) is 0 Å². The van der Waals surface area contributed by atoms with Gasteiger partial charge < -0.3 is 10.4 Å². The Morgan fingerprint density at radius 1 is 1.35 bits per heavy atom. The first-order valence-electron chi connectivity index (χ1n) is 7.18. The number of aromatic carboxylic acids is 1. The number of hydrogen-bond acceptors (Lipinski definition) is 5. The largest absolute Gasteiger partial charge is 0.477 e. The van der Waals surface area contributed by atoms with Crippen LogP contribution >= 0.6 is 11.8 Å². The van der Waals surface area contributed by atoms with Crippen molar-refractivity contribution >= 4 is 17.7 Å². The monoisotopic (exact) mass is 293 g/mol. The maximum atomic E-state index is 11.4. The van der Waals surface area contributed by atoms with Crippen molar-refractivity contribution in [1.29, 1.82) is 0 Å². The molecule has 2 aliphatic rings. The summed E-state index contributed by atoms with van der Waals surface area (Å²) in [5.41, 5.74) is 1.88. The molecular formula is C14H19N3O2S. The van der Waals surface area contributed by atoms with Crippen LogP contribution in [0.3, 0.4) is 0 Å². The van der Waals surface area contributed by atoms with E-state index in [1.54, 1.807) is 0 Å². The highest BCUT2D eigenvalue weighted by molar-refractivity contribution is 7.99. The first kappa shape index (κ1) is 13.8. The fourth-order valence-corrected chi connectivity index (χ4v) is 4.08. The fraction of sp³-hybridized carbons (Fsp3) is 0.643. The molecule has 6 heteroatoms. The van der Waals surface area contributed by atoms with Crippen LogP contribution in [0.5, 0.6) is 0 Å². The Bertz CT molecular complexity index is 515. The Kier molecular flexibility index (Phi) is 4.21. The van der Waals surface area contributed by atoms with Crippen LogP contribution < -0.4 is 5.32 Å². The van der Waals surface area contributed by atoms with Gasteiger partial charge in [-0.3, -0.25) is 0 Å². The third-order valence-electron chi connectivity index (χ3n) is 3.94. The third-order valence-corrected chi connectivity index (χ3v) is 5.30. The van der Waals surface area contributed by atoms with Gasteiger partial charge in [0, 0.05) is 17.4 Å². The summed E-state index contributed by atoms with van der Waals surface area (Å²) in [5, 5.41) is 13.3. The van der Waals surface area contributed by atoms with Crippen LogP contribution in [0.4, 0.5) is 0 Å². The number of fused-ring (bicyclic) bond motifs is 1. The summed E-state index contributed by atoms with van der Waals surface area (Å²) in [5.74, 6) is 0.456. The smallest absolute Gasteiger partial charge is 0.354 e. The van der Waals surface area contributed by atoms with E-state index in [1.165, 1.54) is 25.7 Å². The normalized spacial score (nSPS) is 19.0. The third kappa shape index (κ3) is 2.96. The quantitative estimate of drug-likeness (QED) is 0.884. The van der Waals surface area contributed by atoms with Crippen molar-refractivity contribution in [3.05, 3.63) is 22.8 Å². The molecule has 20 heavy (non-hydrogen) atoms. The highest BCUT2D eigenvalue weighted by Crippen LogP contribution is 2.31. The molecule has 108 valence electrons. The first-order valence-corrected chi connectivity index (χ1v) is 8.23. The van der Waals surface area contributed by atoms with Crippen molar-refractivity contribution in [3.63, 3.8) is 0 Å². The van der Waals surface area contributed by atoms with E-state index in [2.05, 4.69) is 15.3 Å². The number of carboxylic acids is 1. The van der Waals surface area contributed by atoms with Crippen LogP contribution in [0.2, 0.25) is 0 Å². The highest BCUT2D eigenvalue weighted by Gasteiger charge is 2.22. The molecule has 1 fully saturated rings. The number of carboxylic acid groups (broad SMARTS) is 1. The summed E-state index contributed by atoms with van der Waals surface area (Å²) in [7, 11) is 0. The Labute approximate surface area is 122 Å². The molecule has 1 aromatic heterocycles. The van der Waals surface area contributed by atoms with Crippen molar-refractivity contribution in [2.24, 2.45) is 0 Å². The SMILES string of the molecule is O=C(O)c1nc(CSC2CCCC2)nc2c1CCNC2. The van der Waals surface area contributed by atoms with Gasteiger partial charge in [0.05, 0.1) is 11.4 Å². The molecule has 1 aliphatic carbocycles. The summed E-state index contributed by atoms with van der Waals surface area (Å²) in [4.78, 5) is 20.2. The number of nitrogens with zero attached hydrogens (tertiary/aromatic N) is 2. The average molecular weight is 293 g/mol. The standard InChI is InChI=1S/C14H19N3O2S/c18-14(19)13-10-5-6-15-7-11(10)16-12(17-13)8-20-9-3-1-2-4-9/h9,15H,1-8H2,(H,18,19). The molecule has 3 rings (SSSR count). The van der Waals surface area contributed by atoms with Crippen molar-refractivity contribution in [1.82, 2.24) is 15.3 Å². The van der Waals surface area contributed by atoms with E-state index in [4.69, 9.17) is 0 Å². The molecule has 0 bridgehead atoms. The predicted molar refractivity (Wildman–Crippen MR) is 78.0 cm³/mol. The fourth-order valence-electron chi connectivity index (χ4n) is 2.90. The van der Waals surface area contributed by atoms with Gasteiger partial charge in [-0.1, -0.05) is 12.8 Å². The van der Waals surface area contributed by atoms with Crippen LogP contribution in [-0.2, 0) is 18.7 Å². The van der Waals surface area contributed by atoms with E-state index >= 15 is 0 Å². The van der Waals surface area contributed by atoms with Crippen LogP contribution in [-0.4, -0.2) is 32.8 Å². The zero-order chi connectivity index (χ0) is 13.9. The van der Waals surface area contributed by atoms with Gasteiger partial charge in [0.1, 0.15) is 5.82 Å². The van der Waals surface area contributed by atoms with E-state index in [-0.39, 0.29) is 5.69 Å². The number of carbonyl (C=O) groups is 1. The van der Waals surface area contributed by atoms with Gasteiger partial charge in [0.2, 0.25) is 0 Å². The molecule has 0 atom stereocenters. The molecule has 1 aromatic rings. The second kappa shape index (κ2) is 6.10. The molecular weight excluding hydrogens is 274 g/mol. The van der Waals surface area contributed by atoms with Crippen LogP contribution in [0.25, 0.3) is 0 Å². The minimum absolute atomic E-state index is 0.207. The molecule has 0 radical (unpaired) electrons. The van der Waals surface area contributed by atoms with Gasteiger partial charge in [-0.2, -0.15) is 11.8 Å². The lowest BCUT2D eigenvalue weighted by Crippen LogP contribution is -2.28. The van der Waals surface area contributed by atoms with E-state index in [9.17, 15) is 9.90 Å². The molecule has 2 heterocycles. The van der Waals surface area contributed by atoms with E-state index < -0.39 is 5.97 Å². The summed E-state index contributed by atoms with van der Waals surface area (Å²) in [6, 6.07) is 0. The lowest BCUT2D eigenvalue weighted by Gasteiger charge is -2.18. The number of aromatic nitrogens is 2. The Morgan fingerprint density at radius 3 is 2.90 bits per heavy atom. The topological polar surface area (TPSA) is 75.1 Å². The van der Waals surface area contributed by atoms with Crippen molar-refractivity contribution < 1.29 is 9.90 Å². The zero-order valence-corrected chi connectivity index (χ0v) is 12.2. The van der Waals surface area contributed by atoms with Crippen LogP contribution in [0, 0.1) is 0 Å². The molecule has 0 spiro atoms. The van der Waals surface area contributed by atoms with E-state index in [1.807, 2.05) is 11.8 Å². The number of nitrogens with one attached hydrogen (secondary N) is 1. The van der Waals surface area contributed by atoms with Crippen molar-refractivity contribution in [2.45, 2.75) is 49.7 Å². The molecule has 5 nitrogen and oxygen atoms in total. The number of hydrogen-bond donors (Lipinski definition) is 2. The van der Waals surface area contributed by atoms with Gasteiger partial charge in [0.15, 0.2) is 5.69 Å². The number of thioether (sulfide) groups is 1. The molecule has 0 saturated heterocycles. The summed E-state index contributed by atoms with van der Waals surface area (Å²) < 4.78 is 0. The minimum atomic E-state index is -0.933. The lowest BCUT2D eigenvalue weighted by atomic mass is 10.0. The van der Waals surface area contributed by atoms with Gasteiger partial charge in [0.25, 0.3) is 0 Å². The summed E-state index contributed by atoms with van der Waals surface area (Å²) in [6.07, 6.45) is 5.86. The molecule has 0 unspecified atom stereocenters. The Balaban J connectivity index is 1.79. The number of rotatable bonds is 4. The molecule has 0 amide bonds. The van der Waals surface area contributed by atoms with Gasteiger partial charge >= 0.3 is 5.97 Å². The predicted octanol–water partition coefficient (Wildman–Crippen LogP) is 2.00. The maximum absolute atomic E-state index is 11.4.